The summed E-state index contributed by atoms with van der Waals surface area (Å²) in [6.07, 6.45) is 8.60. The van der Waals surface area contributed by atoms with Crippen molar-refractivity contribution in [2.75, 3.05) is 10.7 Å². The van der Waals surface area contributed by atoms with Crippen molar-refractivity contribution in [3.8, 4) is 0 Å². The van der Waals surface area contributed by atoms with E-state index in [9.17, 15) is 9.59 Å². The first kappa shape index (κ1) is 29.5. The lowest BCUT2D eigenvalue weighted by atomic mass is 9.87. The molecule has 0 aromatic rings. The molecule has 0 spiro atoms. The third kappa shape index (κ3) is 13.9. The molecule has 6 nitrogen and oxygen atoms in total. The summed E-state index contributed by atoms with van der Waals surface area (Å²) in [7, 11) is 0. The third-order valence-electron chi connectivity index (χ3n) is 5.44. The molecule has 0 aromatic carbocycles. The van der Waals surface area contributed by atoms with E-state index < -0.39 is 11.2 Å². The maximum absolute atomic E-state index is 11.6. The molecular weight excluding hydrogens is 540 g/mol. The Kier molecular flexibility index (Phi) is 12.9. The number of amides is 2. The van der Waals surface area contributed by atoms with Gasteiger partial charge in [0.25, 0.3) is 0 Å². The van der Waals surface area contributed by atoms with Crippen LogP contribution in [0.25, 0.3) is 0 Å². The van der Waals surface area contributed by atoms with Crippen LogP contribution < -0.4 is 10.6 Å². The summed E-state index contributed by atoms with van der Waals surface area (Å²) in [5.74, 6) is 1.38. The van der Waals surface area contributed by atoms with Crippen LogP contribution in [0.15, 0.2) is 0 Å². The summed E-state index contributed by atoms with van der Waals surface area (Å²) < 4.78 is 10.5. The molecule has 2 rings (SSSR count). The first-order valence-corrected chi connectivity index (χ1v) is 14.2. The van der Waals surface area contributed by atoms with Crippen molar-refractivity contribution in [2.45, 2.75) is 116 Å². The van der Waals surface area contributed by atoms with Crippen molar-refractivity contribution >= 4 is 44.0 Å². The van der Waals surface area contributed by atoms with Crippen molar-refractivity contribution in [3.63, 3.8) is 0 Å². The monoisotopic (exact) mass is 582 g/mol. The fourth-order valence-corrected chi connectivity index (χ4v) is 5.25. The lowest BCUT2D eigenvalue weighted by molar-refractivity contribution is 0.0474. The molecule has 0 aliphatic heterocycles. The van der Waals surface area contributed by atoms with Gasteiger partial charge in [-0.05, 0) is 91.9 Å². The molecule has 0 heterocycles. The van der Waals surface area contributed by atoms with Gasteiger partial charge in [0.2, 0.25) is 0 Å². The Bertz CT molecular complexity index is 525. The number of ether oxygens (including phenoxy) is 2. The van der Waals surface area contributed by atoms with Gasteiger partial charge in [-0.15, -0.1) is 0 Å². The highest BCUT2D eigenvalue weighted by molar-refractivity contribution is 9.09. The second-order valence-electron chi connectivity index (χ2n) is 11.1. The maximum atomic E-state index is 11.6. The van der Waals surface area contributed by atoms with Crippen LogP contribution in [-0.2, 0) is 9.47 Å². The Morgan fingerprint density at radius 1 is 0.719 bits per heavy atom. The highest BCUT2D eigenvalue weighted by Crippen LogP contribution is 2.26. The van der Waals surface area contributed by atoms with Gasteiger partial charge in [0.05, 0.1) is 0 Å². The van der Waals surface area contributed by atoms with E-state index in [-0.39, 0.29) is 24.3 Å². The first-order chi connectivity index (χ1) is 14.8. The standard InChI is InChI=1S/2C12H22BrNO2/c2*1-12(2,3)16-11(15)14-10-6-4-5-9(7-10)8-13/h2*9-10H,4-8H2,1-3H3,(H,14,15)/t2*9-,10-/m10/s1. The van der Waals surface area contributed by atoms with Gasteiger partial charge in [-0.2, -0.15) is 0 Å². The predicted octanol–water partition coefficient (Wildman–Crippen LogP) is 6.93. The van der Waals surface area contributed by atoms with Crippen LogP contribution in [0.1, 0.15) is 92.9 Å². The number of hydrogen-bond donors (Lipinski definition) is 2. The van der Waals surface area contributed by atoms with Gasteiger partial charge in [-0.3, -0.25) is 0 Å². The SMILES string of the molecule is CC(C)(C)OC(=O)N[C@@H]1CCC[C@@H](CBr)C1.CC(C)(C)OC(=O)N[C@H]1CCC[C@H](CBr)C1. The molecule has 0 unspecified atom stereocenters. The summed E-state index contributed by atoms with van der Waals surface area (Å²) in [6.45, 7) is 11.3. The number of alkyl halides is 2. The summed E-state index contributed by atoms with van der Waals surface area (Å²) in [4.78, 5) is 23.2. The first-order valence-electron chi connectivity index (χ1n) is 11.9. The molecule has 2 saturated carbocycles. The van der Waals surface area contributed by atoms with E-state index in [2.05, 4.69) is 42.5 Å². The van der Waals surface area contributed by atoms with Crippen LogP contribution in [0.4, 0.5) is 9.59 Å². The number of nitrogens with one attached hydrogen (secondary N) is 2. The fourth-order valence-electron chi connectivity index (χ4n) is 4.07. The van der Waals surface area contributed by atoms with Gasteiger partial charge in [-0.25, -0.2) is 9.59 Å². The molecule has 8 heteroatoms. The van der Waals surface area contributed by atoms with E-state index in [0.717, 1.165) is 36.3 Å². The van der Waals surface area contributed by atoms with Crippen molar-refractivity contribution in [3.05, 3.63) is 0 Å². The Balaban J connectivity index is 0.000000320. The summed E-state index contributed by atoms with van der Waals surface area (Å²) >= 11 is 7.02. The minimum absolute atomic E-state index is 0.283. The number of carbonyl (C=O) groups excluding carboxylic acids is 2. The number of rotatable bonds is 4. The molecule has 0 aromatic heterocycles. The van der Waals surface area contributed by atoms with Crippen LogP contribution in [0, 0.1) is 11.8 Å². The van der Waals surface area contributed by atoms with Gasteiger partial charge in [0.1, 0.15) is 11.2 Å². The van der Waals surface area contributed by atoms with Gasteiger partial charge in [0, 0.05) is 22.7 Å². The molecule has 4 atom stereocenters. The molecule has 2 fully saturated rings. The van der Waals surface area contributed by atoms with Gasteiger partial charge in [-0.1, -0.05) is 44.7 Å². The van der Waals surface area contributed by atoms with Crippen molar-refractivity contribution in [1.82, 2.24) is 10.6 Å². The zero-order valence-electron chi connectivity index (χ0n) is 20.8. The maximum Gasteiger partial charge on any atom is 0.407 e. The van der Waals surface area contributed by atoms with Gasteiger partial charge in [0.15, 0.2) is 0 Å². The molecule has 0 saturated heterocycles. The Hall–Kier alpha value is -0.500. The number of carbonyl (C=O) groups is 2. The molecule has 0 bridgehead atoms. The van der Waals surface area contributed by atoms with Crippen molar-refractivity contribution in [1.29, 1.82) is 0 Å². The van der Waals surface area contributed by atoms with Gasteiger partial charge >= 0.3 is 12.2 Å². The highest BCUT2D eigenvalue weighted by atomic mass is 79.9. The molecule has 2 aliphatic rings. The largest absolute Gasteiger partial charge is 0.444 e. The molecule has 2 amide bonds. The van der Waals surface area contributed by atoms with Crippen LogP contribution in [-0.4, -0.2) is 46.1 Å². The fraction of sp³-hybridized carbons (Fsp3) is 0.917. The Morgan fingerprint density at radius 2 is 1.06 bits per heavy atom. The lowest BCUT2D eigenvalue weighted by Crippen LogP contribution is -2.41. The molecule has 2 aliphatic carbocycles. The van der Waals surface area contributed by atoms with Crippen LogP contribution in [0.5, 0.6) is 0 Å². The van der Waals surface area contributed by atoms with E-state index in [0.29, 0.717) is 11.8 Å². The topological polar surface area (TPSA) is 76.7 Å². The van der Waals surface area contributed by atoms with Crippen LogP contribution in [0.2, 0.25) is 0 Å². The molecular formula is C24H44Br2N2O4. The van der Waals surface area contributed by atoms with Crippen LogP contribution in [0.3, 0.4) is 0 Å². The van der Waals surface area contributed by atoms with Crippen LogP contribution >= 0.6 is 31.9 Å². The molecule has 188 valence electrons. The molecule has 0 radical (unpaired) electrons. The summed E-state index contributed by atoms with van der Waals surface area (Å²) in [5.41, 5.74) is -0.818. The van der Waals surface area contributed by atoms with E-state index in [1.165, 1.54) is 25.7 Å². The number of halogens is 2. The summed E-state index contributed by atoms with van der Waals surface area (Å²) in [5, 5.41) is 7.97. The second-order valence-corrected chi connectivity index (χ2v) is 12.4. The molecule has 32 heavy (non-hydrogen) atoms. The second kappa shape index (κ2) is 14.0. The Morgan fingerprint density at radius 3 is 1.34 bits per heavy atom. The van der Waals surface area contributed by atoms with E-state index in [1.54, 1.807) is 0 Å². The minimum Gasteiger partial charge on any atom is -0.444 e. The minimum atomic E-state index is -0.409. The lowest BCUT2D eigenvalue weighted by Gasteiger charge is -2.29. The smallest absolute Gasteiger partial charge is 0.407 e. The highest BCUT2D eigenvalue weighted by Gasteiger charge is 2.26. The van der Waals surface area contributed by atoms with Crippen molar-refractivity contribution < 1.29 is 19.1 Å². The zero-order chi connectivity index (χ0) is 24.4. The third-order valence-corrected chi connectivity index (χ3v) is 7.28. The van der Waals surface area contributed by atoms with Crippen molar-refractivity contribution in [2.24, 2.45) is 11.8 Å². The van der Waals surface area contributed by atoms with E-state index in [4.69, 9.17) is 9.47 Å². The number of alkyl carbamates (subject to hydrolysis) is 2. The van der Waals surface area contributed by atoms with Gasteiger partial charge < -0.3 is 20.1 Å². The Labute approximate surface area is 212 Å². The average molecular weight is 584 g/mol. The zero-order valence-corrected chi connectivity index (χ0v) is 23.9. The normalized spacial score (nSPS) is 26.2. The van der Waals surface area contributed by atoms with E-state index >= 15 is 0 Å². The number of hydrogen-bond acceptors (Lipinski definition) is 4. The molecule has 2 N–H and O–H groups in total. The summed E-state index contributed by atoms with van der Waals surface area (Å²) in [6, 6.07) is 0.567. The van der Waals surface area contributed by atoms with E-state index in [1.807, 2.05) is 41.5 Å². The average Bonchev–Trinajstić information content (AvgIpc) is 2.65. The quantitative estimate of drug-likeness (QED) is 0.352. The predicted molar refractivity (Wildman–Crippen MR) is 138 cm³/mol.